The fourth-order valence-electron chi connectivity index (χ4n) is 1.19. The van der Waals surface area contributed by atoms with Crippen LogP contribution in [0.4, 0.5) is 8.78 Å². The molecular weight excluding hydrogens is 290 g/mol. The van der Waals surface area contributed by atoms with Crippen LogP contribution in [-0.2, 0) is 0 Å². The maximum Gasteiger partial charge on any atom is 0.272 e. The molecule has 1 aromatic heterocycles. The molecule has 2 rings (SSSR count). The van der Waals surface area contributed by atoms with Gasteiger partial charge < -0.3 is 0 Å². The van der Waals surface area contributed by atoms with Gasteiger partial charge in [0.1, 0.15) is 0 Å². The Balaban J connectivity index is 2.71. The summed E-state index contributed by atoms with van der Waals surface area (Å²) in [5.41, 5.74) is 0. The Kier molecular flexibility index (Phi) is 2.81. The lowest BCUT2D eigenvalue weighted by Gasteiger charge is -1.96. The van der Waals surface area contributed by atoms with Gasteiger partial charge >= 0.3 is 0 Å². The third-order valence-electron chi connectivity index (χ3n) is 1.85. The summed E-state index contributed by atoms with van der Waals surface area (Å²) in [5, 5.41) is 0.818. The van der Waals surface area contributed by atoms with Gasteiger partial charge in [-0.15, -0.1) is 24.0 Å². The Morgan fingerprint density at radius 2 is 2.07 bits per heavy atom. The van der Waals surface area contributed by atoms with Crippen molar-refractivity contribution in [2.75, 3.05) is 0 Å². The third-order valence-corrected chi connectivity index (χ3v) is 4.60. The number of rotatable bonds is 1. The molecule has 0 saturated carbocycles. The van der Waals surface area contributed by atoms with E-state index < -0.39 is 6.43 Å². The van der Waals surface area contributed by atoms with Gasteiger partial charge in [-0.3, -0.25) is 0 Å². The van der Waals surface area contributed by atoms with E-state index in [1.807, 2.05) is 12.1 Å². The lowest BCUT2D eigenvalue weighted by molar-refractivity contribution is 0.156. The van der Waals surface area contributed by atoms with Crippen molar-refractivity contribution in [1.29, 1.82) is 0 Å². The molecule has 0 aliphatic carbocycles. The molecule has 0 aliphatic heterocycles. The van der Waals surface area contributed by atoms with Crippen LogP contribution in [0.3, 0.4) is 0 Å². The van der Waals surface area contributed by atoms with Crippen LogP contribution in [0, 0.1) is 0 Å². The SMILES string of the molecule is FC(F)c1cc2ccc(Br)c(S)c2s1. The predicted molar refractivity (Wildman–Crippen MR) is 61.7 cm³/mol. The van der Waals surface area contributed by atoms with Crippen LogP contribution >= 0.6 is 39.9 Å². The monoisotopic (exact) mass is 294 g/mol. The number of hydrogen-bond donors (Lipinski definition) is 1. The van der Waals surface area contributed by atoms with E-state index in [1.165, 1.54) is 6.07 Å². The molecule has 0 N–H and O–H groups in total. The molecule has 2 aromatic rings. The van der Waals surface area contributed by atoms with Crippen molar-refractivity contribution in [2.45, 2.75) is 11.3 Å². The molecule has 0 bridgehead atoms. The normalized spacial score (nSPS) is 11.5. The lowest BCUT2D eigenvalue weighted by atomic mass is 10.2. The van der Waals surface area contributed by atoms with E-state index in [0.717, 1.165) is 30.8 Å². The zero-order valence-corrected chi connectivity index (χ0v) is 10.1. The summed E-state index contributed by atoms with van der Waals surface area (Å²) >= 11 is 8.66. The molecule has 0 aliphatic rings. The van der Waals surface area contributed by atoms with Crippen molar-refractivity contribution in [3.8, 4) is 0 Å². The Bertz CT molecular complexity index is 479. The largest absolute Gasteiger partial charge is 0.272 e. The Morgan fingerprint density at radius 3 is 2.71 bits per heavy atom. The van der Waals surface area contributed by atoms with Crippen molar-refractivity contribution in [3.05, 3.63) is 27.5 Å². The van der Waals surface area contributed by atoms with Crippen molar-refractivity contribution in [2.24, 2.45) is 0 Å². The van der Waals surface area contributed by atoms with Crippen LogP contribution in [-0.4, -0.2) is 0 Å². The predicted octanol–water partition coefficient (Wildman–Crippen LogP) is 4.89. The molecule has 0 amide bonds. The minimum Gasteiger partial charge on any atom is -0.204 e. The van der Waals surface area contributed by atoms with Gasteiger partial charge in [-0.2, -0.15) is 0 Å². The number of thiophene rings is 1. The molecule has 0 nitrogen and oxygen atoms in total. The van der Waals surface area contributed by atoms with Crippen molar-refractivity contribution < 1.29 is 8.78 Å². The Hall–Kier alpha value is -0.130. The number of halogens is 3. The summed E-state index contributed by atoms with van der Waals surface area (Å²) in [7, 11) is 0. The third kappa shape index (κ3) is 1.68. The van der Waals surface area contributed by atoms with Gasteiger partial charge in [0.05, 0.1) is 4.88 Å². The standard InChI is InChI=1S/C9H5BrF2S2/c10-5-2-1-4-3-6(9(11)12)14-8(4)7(5)13/h1-3,9,13H. The van der Waals surface area contributed by atoms with Crippen LogP contribution < -0.4 is 0 Å². The Labute approximate surface area is 97.5 Å². The fraction of sp³-hybridized carbons (Fsp3) is 0.111. The van der Waals surface area contributed by atoms with Crippen molar-refractivity contribution in [3.63, 3.8) is 0 Å². The second kappa shape index (κ2) is 3.79. The van der Waals surface area contributed by atoms with E-state index in [0.29, 0.717) is 0 Å². The second-order valence-electron chi connectivity index (χ2n) is 2.76. The van der Waals surface area contributed by atoms with E-state index in [4.69, 9.17) is 0 Å². The molecule has 1 aromatic carbocycles. The molecule has 14 heavy (non-hydrogen) atoms. The lowest BCUT2D eigenvalue weighted by Crippen LogP contribution is -1.72. The quantitative estimate of drug-likeness (QED) is 0.711. The van der Waals surface area contributed by atoms with E-state index in [9.17, 15) is 8.78 Å². The maximum absolute atomic E-state index is 12.4. The summed E-state index contributed by atoms with van der Waals surface area (Å²) < 4.78 is 26.5. The van der Waals surface area contributed by atoms with Gasteiger partial charge in [-0.05, 0) is 33.4 Å². The van der Waals surface area contributed by atoms with Gasteiger partial charge in [0.15, 0.2) is 0 Å². The molecule has 5 heteroatoms. The van der Waals surface area contributed by atoms with Crippen LogP contribution in [0.15, 0.2) is 27.6 Å². The average molecular weight is 295 g/mol. The molecule has 1 heterocycles. The topological polar surface area (TPSA) is 0 Å². The first-order valence-corrected chi connectivity index (χ1v) is 5.84. The highest BCUT2D eigenvalue weighted by atomic mass is 79.9. The fourth-order valence-corrected chi connectivity index (χ4v) is 2.96. The molecule has 0 atom stereocenters. The number of hydrogen-bond acceptors (Lipinski definition) is 2. The van der Waals surface area contributed by atoms with Gasteiger partial charge in [0, 0.05) is 14.1 Å². The van der Waals surface area contributed by atoms with E-state index in [2.05, 4.69) is 28.6 Å². The van der Waals surface area contributed by atoms with E-state index >= 15 is 0 Å². The first-order chi connectivity index (χ1) is 6.59. The van der Waals surface area contributed by atoms with E-state index in [1.54, 1.807) is 0 Å². The smallest absolute Gasteiger partial charge is 0.204 e. The zero-order valence-electron chi connectivity index (χ0n) is 6.80. The summed E-state index contributed by atoms with van der Waals surface area (Å²) in [6.45, 7) is 0. The van der Waals surface area contributed by atoms with Crippen LogP contribution in [0.5, 0.6) is 0 Å². The highest BCUT2D eigenvalue weighted by Crippen LogP contribution is 2.38. The molecule has 0 radical (unpaired) electrons. The molecule has 0 fully saturated rings. The number of benzene rings is 1. The molecule has 0 saturated heterocycles. The average Bonchev–Trinajstić information content (AvgIpc) is 2.56. The summed E-state index contributed by atoms with van der Waals surface area (Å²) in [6.07, 6.45) is -2.40. The van der Waals surface area contributed by atoms with Gasteiger partial charge in [-0.1, -0.05) is 6.07 Å². The number of fused-ring (bicyclic) bond motifs is 1. The van der Waals surface area contributed by atoms with Crippen molar-refractivity contribution in [1.82, 2.24) is 0 Å². The highest BCUT2D eigenvalue weighted by Gasteiger charge is 2.13. The van der Waals surface area contributed by atoms with Gasteiger partial charge in [0.2, 0.25) is 0 Å². The van der Waals surface area contributed by atoms with Crippen molar-refractivity contribution >= 4 is 50.0 Å². The second-order valence-corrected chi connectivity index (χ2v) is 5.15. The Morgan fingerprint density at radius 1 is 1.36 bits per heavy atom. The minimum absolute atomic E-state index is 0.0911. The van der Waals surface area contributed by atoms with Crippen LogP contribution in [0.1, 0.15) is 11.3 Å². The highest BCUT2D eigenvalue weighted by molar-refractivity contribution is 9.10. The minimum atomic E-state index is -2.40. The molecule has 0 unspecified atom stereocenters. The zero-order chi connectivity index (χ0) is 10.3. The first-order valence-electron chi connectivity index (χ1n) is 3.78. The van der Waals surface area contributed by atoms with Gasteiger partial charge in [0.25, 0.3) is 6.43 Å². The molecule has 0 spiro atoms. The summed E-state index contributed by atoms with van der Waals surface area (Å²) in [5.74, 6) is 0. The molecule has 74 valence electrons. The summed E-state index contributed by atoms with van der Waals surface area (Å²) in [4.78, 5) is 0.813. The number of alkyl halides is 2. The van der Waals surface area contributed by atoms with Gasteiger partial charge in [-0.25, -0.2) is 8.78 Å². The van der Waals surface area contributed by atoms with E-state index in [-0.39, 0.29) is 4.88 Å². The van der Waals surface area contributed by atoms with Crippen LogP contribution in [0.2, 0.25) is 0 Å². The van der Waals surface area contributed by atoms with Crippen LogP contribution in [0.25, 0.3) is 10.1 Å². The molecular formula is C9H5BrF2S2. The summed E-state index contributed by atoms with van der Waals surface area (Å²) in [6, 6.07) is 5.13. The number of thiol groups is 1. The maximum atomic E-state index is 12.4. The first kappa shape index (κ1) is 10.4.